The van der Waals surface area contributed by atoms with Crippen LogP contribution in [-0.2, 0) is 23.7 Å². The lowest BCUT2D eigenvalue weighted by Crippen LogP contribution is -2.65. The Kier molecular flexibility index (Phi) is 54.9. The van der Waals surface area contributed by atoms with Crippen LogP contribution in [0.15, 0.2) is 72.9 Å². The predicted molar refractivity (Wildman–Crippen MR) is 364 cm³/mol. The van der Waals surface area contributed by atoms with Crippen LogP contribution in [0.3, 0.4) is 0 Å². The maximum atomic E-state index is 13.3. The van der Waals surface area contributed by atoms with E-state index < -0.39 is 86.8 Å². The van der Waals surface area contributed by atoms with Crippen LogP contribution in [0, 0.1) is 0 Å². The molecule has 0 radical (unpaired) electrons. The molecule has 14 nitrogen and oxygen atoms in total. The zero-order valence-electron chi connectivity index (χ0n) is 56.4. The summed E-state index contributed by atoms with van der Waals surface area (Å²) < 4.78 is 22.8. The molecule has 0 bridgehead atoms. The van der Waals surface area contributed by atoms with E-state index in [1.165, 1.54) is 205 Å². The number of aliphatic hydroxyl groups excluding tert-OH is 8. The number of carbonyl (C=O) groups excluding carboxylic acids is 1. The Morgan fingerprint density at radius 3 is 1.18 bits per heavy atom. The summed E-state index contributed by atoms with van der Waals surface area (Å²) in [6.45, 7) is 2.80. The van der Waals surface area contributed by atoms with Gasteiger partial charge in [-0.1, -0.05) is 286 Å². The largest absolute Gasteiger partial charge is 0.394 e. The van der Waals surface area contributed by atoms with Crippen LogP contribution in [-0.4, -0.2) is 140 Å². The van der Waals surface area contributed by atoms with E-state index in [2.05, 4.69) is 79.9 Å². The highest BCUT2D eigenvalue weighted by Crippen LogP contribution is 2.30. The fraction of sp³-hybridized carbons (Fsp3) is 0.827. The molecule has 12 atom stereocenters. The molecule has 0 saturated carbocycles. The van der Waals surface area contributed by atoms with Gasteiger partial charge in [-0.25, -0.2) is 0 Å². The normalized spacial score (nSPS) is 23.4. The van der Waals surface area contributed by atoms with Crippen molar-refractivity contribution >= 4 is 5.91 Å². The van der Waals surface area contributed by atoms with Crippen molar-refractivity contribution in [2.45, 2.75) is 376 Å². The summed E-state index contributed by atoms with van der Waals surface area (Å²) in [4.78, 5) is 13.3. The topological polar surface area (TPSA) is 228 Å². The summed E-state index contributed by atoms with van der Waals surface area (Å²) in [5, 5.41) is 87.5. The minimum atomic E-state index is -1.80. The van der Waals surface area contributed by atoms with Gasteiger partial charge in [0.25, 0.3) is 0 Å². The summed E-state index contributed by atoms with van der Waals surface area (Å²) in [6.07, 6.45) is 63.9. The third-order valence-corrected chi connectivity index (χ3v) is 17.6. The SMILES string of the molecule is CCCCCCC/C=C\C/C=C\C/C=C\CCCCCCCCCCCCCCC(=O)NC(COC1OC(CO)C(OC2OC(CO)C(O)C(O)C2O)C(O)C1O)C(O)/C=C/CC/C=C/CC/C=C/CCCCCCCCCCCCCCCCCCCC. The van der Waals surface area contributed by atoms with Crippen LogP contribution >= 0.6 is 0 Å². The maximum absolute atomic E-state index is 13.3. The Hall–Kier alpha value is -2.57. The molecule has 0 spiro atoms. The molecule has 2 heterocycles. The molecule has 2 aliphatic rings. The molecule has 89 heavy (non-hydrogen) atoms. The zero-order valence-corrected chi connectivity index (χ0v) is 56.4. The first-order valence-electron chi connectivity index (χ1n) is 36.7. The lowest BCUT2D eigenvalue weighted by atomic mass is 9.97. The molecule has 0 aromatic carbocycles. The fourth-order valence-electron chi connectivity index (χ4n) is 11.7. The molecular weight excluding hydrogens is 1120 g/mol. The summed E-state index contributed by atoms with van der Waals surface area (Å²) in [5.74, 6) is -0.254. The zero-order chi connectivity index (χ0) is 64.5. The molecule has 0 aromatic rings. The van der Waals surface area contributed by atoms with Crippen molar-refractivity contribution in [3.05, 3.63) is 72.9 Å². The van der Waals surface area contributed by atoms with E-state index in [1.54, 1.807) is 6.08 Å². The van der Waals surface area contributed by atoms with Gasteiger partial charge in [0.05, 0.1) is 32.0 Å². The first-order valence-corrected chi connectivity index (χ1v) is 36.7. The fourth-order valence-corrected chi connectivity index (χ4v) is 11.7. The minimum absolute atomic E-state index is 0.254. The number of aliphatic hydroxyl groups is 8. The van der Waals surface area contributed by atoms with Crippen molar-refractivity contribution in [2.75, 3.05) is 19.8 Å². The molecule has 2 saturated heterocycles. The van der Waals surface area contributed by atoms with E-state index in [0.29, 0.717) is 12.8 Å². The molecule has 2 rings (SSSR count). The first-order chi connectivity index (χ1) is 43.6. The second-order valence-corrected chi connectivity index (χ2v) is 25.7. The van der Waals surface area contributed by atoms with Crippen molar-refractivity contribution in [3.63, 3.8) is 0 Å². The predicted octanol–water partition coefficient (Wildman–Crippen LogP) is 15.4. The van der Waals surface area contributed by atoms with Crippen molar-refractivity contribution < 1.29 is 64.6 Å². The molecule has 2 aliphatic heterocycles. The Labute approximate surface area is 542 Å². The molecule has 9 N–H and O–H groups in total. The molecule has 0 aromatic heterocycles. The maximum Gasteiger partial charge on any atom is 0.220 e. The average molecular weight is 1260 g/mol. The molecular formula is C75H135NO13. The lowest BCUT2D eigenvalue weighted by molar-refractivity contribution is -0.359. The van der Waals surface area contributed by atoms with Crippen LogP contribution in [0.1, 0.15) is 303 Å². The number of nitrogens with one attached hydrogen (secondary N) is 1. The van der Waals surface area contributed by atoms with Gasteiger partial charge in [-0.05, 0) is 83.5 Å². The summed E-state index contributed by atoms with van der Waals surface area (Å²) in [7, 11) is 0. The van der Waals surface area contributed by atoms with E-state index in [0.717, 1.165) is 64.2 Å². The second-order valence-electron chi connectivity index (χ2n) is 25.7. The number of rotatable bonds is 60. The Morgan fingerprint density at radius 2 is 0.753 bits per heavy atom. The number of carbonyl (C=O) groups is 1. The molecule has 518 valence electrons. The second kappa shape index (κ2) is 59.2. The highest BCUT2D eigenvalue weighted by atomic mass is 16.7. The number of ether oxygens (including phenoxy) is 4. The van der Waals surface area contributed by atoms with Gasteiger partial charge >= 0.3 is 0 Å². The number of amides is 1. The third kappa shape index (κ3) is 43.1. The Balaban J connectivity index is 1.70. The monoisotopic (exact) mass is 1260 g/mol. The number of hydrogen-bond donors (Lipinski definition) is 9. The number of allylic oxidation sites excluding steroid dienone is 11. The van der Waals surface area contributed by atoms with Crippen LogP contribution in [0.4, 0.5) is 0 Å². The summed E-state index contributed by atoms with van der Waals surface area (Å²) in [6, 6.07) is -0.944. The van der Waals surface area contributed by atoms with Gasteiger partial charge in [-0.15, -0.1) is 0 Å². The van der Waals surface area contributed by atoms with E-state index in [9.17, 15) is 45.6 Å². The molecule has 2 fully saturated rings. The van der Waals surface area contributed by atoms with Crippen molar-refractivity contribution in [2.24, 2.45) is 0 Å². The third-order valence-electron chi connectivity index (χ3n) is 17.6. The highest BCUT2D eigenvalue weighted by Gasteiger charge is 2.51. The van der Waals surface area contributed by atoms with Gasteiger partial charge in [0.15, 0.2) is 12.6 Å². The smallest absolute Gasteiger partial charge is 0.220 e. The number of hydrogen-bond acceptors (Lipinski definition) is 13. The van der Waals surface area contributed by atoms with Gasteiger partial charge in [0.2, 0.25) is 5.91 Å². The lowest BCUT2D eigenvalue weighted by Gasteiger charge is -2.46. The van der Waals surface area contributed by atoms with E-state index >= 15 is 0 Å². The van der Waals surface area contributed by atoms with Crippen molar-refractivity contribution in [1.82, 2.24) is 5.32 Å². The van der Waals surface area contributed by atoms with Crippen LogP contribution in [0.25, 0.3) is 0 Å². The van der Waals surface area contributed by atoms with Gasteiger partial charge in [0, 0.05) is 6.42 Å². The quantitative estimate of drug-likeness (QED) is 0.0204. The molecule has 1 amide bonds. The van der Waals surface area contributed by atoms with E-state index in [4.69, 9.17) is 18.9 Å². The molecule has 12 unspecified atom stereocenters. The first kappa shape index (κ1) is 82.5. The Bertz CT molecular complexity index is 1770. The standard InChI is InChI=1S/C75H135NO13/c1-3-5-7-9-11-13-15-17-19-21-23-25-27-29-31-33-34-36-38-40-42-44-46-48-50-52-54-56-58-64(79)63(62-86-74-72(85)70(83)73(66(61-78)88-74)89-75-71(84)69(82)68(81)65(60-77)87-75)76-67(80)59-57-55-53-51-49-47-45-43-41-39-37-35-32-30-28-26-24-22-20-18-16-14-12-10-8-6-4-2/h16,18,22,24,28,30,40,42,48,50,56,58,63-66,68-75,77-79,81-85H,3-15,17,19-21,23,25-27,29,31-39,41,43-47,49,51-55,57,59-62H2,1-2H3,(H,76,80)/b18-16-,24-22-,30-28-,42-40+,50-48+,58-56+. The number of unbranched alkanes of at least 4 members (excludes halogenated alkanes) is 37. The van der Waals surface area contributed by atoms with Gasteiger partial charge in [-0.2, -0.15) is 0 Å². The highest BCUT2D eigenvalue weighted by molar-refractivity contribution is 5.76. The summed E-state index contributed by atoms with van der Waals surface area (Å²) in [5.41, 5.74) is 0. The summed E-state index contributed by atoms with van der Waals surface area (Å²) >= 11 is 0. The van der Waals surface area contributed by atoms with Crippen molar-refractivity contribution in [1.29, 1.82) is 0 Å². The van der Waals surface area contributed by atoms with E-state index in [1.807, 2.05) is 6.08 Å². The van der Waals surface area contributed by atoms with E-state index in [-0.39, 0.29) is 18.9 Å². The minimum Gasteiger partial charge on any atom is -0.394 e. The van der Waals surface area contributed by atoms with Crippen molar-refractivity contribution in [3.8, 4) is 0 Å². The van der Waals surface area contributed by atoms with Crippen LogP contribution in [0.2, 0.25) is 0 Å². The van der Waals surface area contributed by atoms with Gasteiger partial charge in [-0.3, -0.25) is 4.79 Å². The van der Waals surface area contributed by atoms with Crippen LogP contribution < -0.4 is 5.32 Å². The Morgan fingerprint density at radius 1 is 0.404 bits per heavy atom. The van der Waals surface area contributed by atoms with Gasteiger partial charge < -0.3 is 65.1 Å². The molecule has 14 heteroatoms. The van der Waals surface area contributed by atoms with Crippen LogP contribution in [0.5, 0.6) is 0 Å². The average Bonchev–Trinajstić information content (AvgIpc) is 2.75. The molecule has 0 aliphatic carbocycles. The van der Waals surface area contributed by atoms with Gasteiger partial charge in [0.1, 0.15) is 48.8 Å².